The summed E-state index contributed by atoms with van der Waals surface area (Å²) < 4.78 is 5.05. The molecule has 2 aromatic rings. The molecule has 2 unspecified atom stereocenters. The van der Waals surface area contributed by atoms with Crippen LogP contribution in [0.2, 0.25) is 0 Å². The number of Topliss-reactive ketones (excluding diaryl/α,β-unsaturated/α-hetero) is 2. The fourth-order valence-electron chi connectivity index (χ4n) is 3.53. The number of benzene rings is 2. The highest BCUT2D eigenvalue weighted by Crippen LogP contribution is 2.39. The van der Waals surface area contributed by atoms with Gasteiger partial charge < -0.3 is 14.7 Å². The molecule has 2 aromatic carbocycles. The summed E-state index contributed by atoms with van der Waals surface area (Å²) >= 11 is 0. The van der Waals surface area contributed by atoms with Gasteiger partial charge in [0.25, 0.3) is 5.91 Å². The number of amides is 1. The standard InChI is InChI=1S/C21H21NO5/c1-13(23)18-19(15-8-9-17(27-2)16(24)12-15)22(21(26)20(18)25)11-10-14-6-4-3-5-7-14/h3-9,12,18-19,24H,10-11H2,1-2H3. The number of carbonyl (C=O) groups excluding carboxylic acids is 3. The molecule has 0 aliphatic carbocycles. The molecule has 1 heterocycles. The Labute approximate surface area is 157 Å². The molecule has 6 nitrogen and oxygen atoms in total. The average Bonchev–Trinajstić information content (AvgIpc) is 2.92. The van der Waals surface area contributed by atoms with Crippen molar-refractivity contribution >= 4 is 17.5 Å². The molecule has 1 aliphatic heterocycles. The normalized spacial score (nSPS) is 19.4. The number of ether oxygens (including phenoxy) is 1. The first kappa shape index (κ1) is 18.6. The van der Waals surface area contributed by atoms with Crippen molar-refractivity contribution < 1.29 is 24.2 Å². The highest BCUT2D eigenvalue weighted by molar-refractivity contribution is 6.42. The summed E-state index contributed by atoms with van der Waals surface area (Å²) in [5.41, 5.74) is 1.56. The summed E-state index contributed by atoms with van der Waals surface area (Å²) in [6.07, 6.45) is 0.559. The van der Waals surface area contributed by atoms with Crippen molar-refractivity contribution in [2.24, 2.45) is 5.92 Å². The summed E-state index contributed by atoms with van der Waals surface area (Å²) in [5.74, 6) is -2.61. The number of rotatable bonds is 6. The first-order chi connectivity index (χ1) is 12.9. The Morgan fingerprint density at radius 2 is 1.85 bits per heavy atom. The van der Waals surface area contributed by atoms with Crippen LogP contribution in [0.25, 0.3) is 0 Å². The molecule has 1 saturated heterocycles. The fourth-order valence-corrected chi connectivity index (χ4v) is 3.53. The van der Waals surface area contributed by atoms with E-state index in [1.807, 2.05) is 30.3 Å². The van der Waals surface area contributed by atoms with Crippen molar-refractivity contribution in [1.82, 2.24) is 4.90 Å². The zero-order valence-electron chi connectivity index (χ0n) is 15.2. The Morgan fingerprint density at radius 3 is 2.44 bits per heavy atom. The van der Waals surface area contributed by atoms with E-state index >= 15 is 0 Å². The van der Waals surface area contributed by atoms with Gasteiger partial charge in [-0.3, -0.25) is 14.4 Å². The number of ketones is 2. The summed E-state index contributed by atoms with van der Waals surface area (Å²) in [5, 5.41) is 10.1. The zero-order valence-corrected chi connectivity index (χ0v) is 15.2. The van der Waals surface area contributed by atoms with Crippen molar-refractivity contribution in [3.05, 3.63) is 59.7 Å². The van der Waals surface area contributed by atoms with Gasteiger partial charge in [-0.15, -0.1) is 0 Å². The van der Waals surface area contributed by atoms with Crippen LogP contribution in [-0.4, -0.2) is 41.1 Å². The van der Waals surface area contributed by atoms with Crippen LogP contribution in [0.4, 0.5) is 0 Å². The van der Waals surface area contributed by atoms with E-state index in [2.05, 4.69) is 0 Å². The number of methoxy groups -OCH3 is 1. The van der Waals surface area contributed by atoms with E-state index in [4.69, 9.17) is 4.74 Å². The Balaban J connectivity index is 1.96. The minimum absolute atomic E-state index is 0.105. The average molecular weight is 367 g/mol. The Hall–Kier alpha value is -3.15. The second-order valence-corrected chi connectivity index (χ2v) is 6.56. The van der Waals surface area contributed by atoms with Crippen molar-refractivity contribution in [1.29, 1.82) is 0 Å². The van der Waals surface area contributed by atoms with Crippen LogP contribution < -0.4 is 4.74 Å². The quantitative estimate of drug-likeness (QED) is 0.626. The maximum Gasteiger partial charge on any atom is 0.291 e. The van der Waals surface area contributed by atoms with Crippen LogP contribution in [0.15, 0.2) is 48.5 Å². The highest BCUT2D eigenvalue weighted by Gasteiger charge is 2.50. The number of likely N-dealkylation sites (tertiary alicyclic amines) is 1. The molecule has 3 rings (SSSR count). The molecule has 27 heavy (non-hydrogen) atoms. The lowest BCUT2D eigenvalue weighted by Crippen LogP contribution is -2.32. The lowest BCUT2D eigenvalue weighted by atomic mass is 9.89. The van der Waals surface area contributed by atoms with Gasteiger partial charge in [0.15, 0.2) is 11.5 Å². The molecular formula is C21H21NO5. The van der Waals surface area contributed by atoms with E-state index in [1.54, 1.807) is 12.1 Å². The second kappa shape index (κ2) is 7.61. The molecule has 0 radical (unpaired) electrons. The number of aromatic hydroxyl groups is 1. The molecule has 0 aromatic heterocycles. The zero-order chi connectivity index (χ0) is 19.6. The summed E-state index contributed by atoms with van der Waals surface area (Å²) in [7, 11) is 1.43. The van der Waals surface area contributed by atoms with Crippen molar-refractivity contribution in [3.8, 4) is 11.5 Å². The van der Waals surface area contributed by atoms with Gasteiger partial charge in [0, 0.05) is 6.54 Å². The maximum atomic E-state index is 12.6. The fraction of sp³-hybridized carbons (Fsp3) is 0.286. The molecule has 1 amide bonds. The molecule has 0 bridgehead atoms. The molecule has 0 spiro atoms. The third-order valence-electron chi connectivity index (χ3n) is 4.87. The number of nitrogens with zero attached hydrogens (tertiary/aromatic N) is 1. The maximum absolute atomic E-state index is 12.6. The van der Waals surface area contributed by atoms with Gasteiger partial charge in [0.2, 0.25) is 5.78 Å². The van der Waals surface area contributed by atoms with Gasteiger partial charge in [-0.2, -0.15) is 0 Å². The smallest absolute Gasteiger partial charge is 0.291 e. The Kier molecular flexibility index (Phi) is 5.26. The summed E-state index contributed by atoms with van der Waals surface area (Å²) in [6.45, 7) is 1.61. The molecular weight excluding hydrogens is 346 g/mol. The minimum Gasteiger partial charge on any atom is -0.504 e. The molecule has 6 heteroatoms. The SMILES string of the molecule is COc1ccc(C2C(C(C)=O)C(=O)C(=O)N2CCc2ccccc2)cc1O. The van der Waals surface area contributed by atoms with Crippen LogP contribution in [-0.2, 0) is 20.8 Å². The monoisotopic (exact) mass is 367 g/mol. The van der Waals surface area contributed by atoms with Crippen molar-refractivity contribution in [2.75, 3.05) is 13.7 Å². The van der Waals surface area contributed by atoms with Gasteiger partial charge in [-0.1, -0.05) is 36.4 Å². The number of hydrogen-bond acceptors (Lipinski definition) is 5. The van der Waals surface area contributed by atoms with Gasteiger partial charge >= 0.3 is 0 Å². The first-order valence-electron chi connectivity index (χ1n) is 8.70. The second-order valence-electron chi connectivity index (χ2n) is 6.56. The van der Waals surface area contributed by atoms with E-state index in [0.717, 1.165) is 5.56 Å². The van der Waals surface area contributed by atoms with E-state index in [9.17, 15) is 19.5 Å². The number of hydrogen-bond donors (Lipinski definition) is 1. The van der Waals surface area contributed by atoms with Crippen molar-refractivity contribution in [2.45, 2.75) is 19.4 Å². The lowest BCUT2D eigenvalue weighted by molar-refractivity contribution is -0.142. The Morgan fingerprint density at radius 1 is 1.15 bits per heavy atom. The van der Waals surface area contributed by atoms with E-state index in [-0.39, 0.29) is 17.3 Å². The molecule has 140 valence electrons. The molecule has 1 aliphatic rings. The molecule has 2 atom stereocenters. The van der Waals surface area contributed by atoms with Gasteiger partial charge in [0.1, 0.15) is 11.7 Å². The van der Waals surface area contributed by atoms with Crippen LogP contribution in [0, 0.1) is 5.92 Å². The predicted molar refractivity (Wildman–Crippen MR) is 98.4 cm³/mol. The third-order valence-corrected chi connectivity index (χ3v) is 4.87. The Bertz CT molecular complexity index is 877. The molecule has 1 fully saturated rings. The number of phenols is 1. The van der Waals surface area contributed by atoms with Gasteiger partial charge in [-0.05, 0) is 36.6 Å². The molecule has 1 N–H and O–H groups in total. The number of phenolic OH excluding ortho intramolecular Hbond substituents is 1. The summed E-state index contributed by atoms with van der Waals surface area (Å²) in [6, 6.07) is 13.5. The van der Waals surface area contributed by atoms with E-state index < -0.39 is 23.7 Å². The first-order valence-corrected chi connectivity index (χ1v) is 8.70. The van der Waals surface area contributed by atoms with Gasteiger partial charge in [0.05, 0.1) is 13.2 Å². The van der Waals surface area contributed by atoms with Crippen LogP contribution in [0.1, 0.15) is 24.1 Å². The lowest BCUT2D eigenvalue weighted by Gasteiger charge is -2.27. The van der Waals surface area contributed by atoms with E-state index in [1.165, 1.54) is 25.0 Å². The molecule has 0 saturated carbocycles. The topological polar surface area (TPSA) is 83.9 Å². The predicted octanol–water partition coefficient (Wildman–Crippen LogP) is 2.30. The van der Waals surface area contributed by atoms with Crippen LogP contribution in [0.3, 0.4) is 0 Å². The number of carbonyl (C=O) groups is 3. The van der Waals surface area contributed by atoms with Crippen LogP contribution >= 0.6 is 0 Å². The largest absolute Gasteiger partial charge is 0.504 e. The highest BCUT2D eigenvalue weighted by atomic mass is 16.5. The van der Waals surface area contributed by atoms with Crippen molar-refractivity contribution in [3.63, 3.8) is 0 Å². The third kappa shape index (κ3) is 3.56. The van der Waals surface area contributed by atoms with Crippen LogP contribution in [0.5, 0.6) is 11.5 Å². The van der Waals surface area contributed by atoms with E-state index in [0.29, 0.717) is 18.5 Å². The minimum atomic E-state index is -1.07. The van der Waals surface area contributed by atoms with Gasteiger partial charge in [-0.25, -0.2) is 0 Å². The summed E-state index contributed by atoms with van der Waals surface area (Å²) in [4.78, 5) is 38.6.